The Kier molecular flexibility index (Phi) is 1.69. The molecular formula is C8H9ClO. The summed E-state index contributed by atoms with van der Waals surface area (Å²) in [7, 11) is 0. The average molecular weight is 157 g/mol. The van der Waals surface area contributed by atoms with E-state index in [-0.39, 0.29) is 5.78 Å². The van der Waals surface area contributed by atoms with E-state index in [1.54, 1.807) is 19.1 Å². The van der Waals surface area contributed by atoms with Gasteiger partial charge in [0.05, 0.1) is 4.87 Å². The van der Waals surface area contributed by atoms with Crippen molar-refractivity contribution in [2.75, 3.05) is 0 Å². The molecule has 0 aromatic rings. The lowest BCUT2D eigenvalue weighted by atomic mass is 9.98. The summed E-state index contributed by atoms with van der Waals surface area (Å²) in [6.45, 7) is 3.62. The maximum absolute atomic E-state index is 10.9. The largest absolute Gasteiger partial charge is 0.290 e. The first-order valence-corrected chi connectivity index (χ1v) is 3.51. The van der Waals surface area contributed by atoms with Gasteiger partial charge in [-0.15, -0.1) is 11.6 Å². The number of alkyl halides is 1. The van der Waals surface area contributed by atoms with E-state index in [0.29, 0.717) is 0 Å². The molecule has 1 aliphatic rings. The summed E-state index contributed by atoms with van der Waals surface area (Å²) in [6.07, 6.45) is 4.98. The van der Waals surface area contributed by atoms with Crippen molar-refractivity contribution in [3.05, 3.63) is 23.8 Å². The number of ketones is 1. The van der Waals surface area contributed by atoms with Crippen LogP contribution >= 0.6 is 11.6 Å². The molecule has 1 rings (SSSR count). The van der Waals surface area contributed by atoms with Gasteiger partial charge < -0.3 is 0 Å². The number of hydrogen-bond donors (Lipinski definition) is 0. The molecule has 10 heavy (non-hydrogen) atoms. The molecule has 1 nitrogen and oxygen atoms in total. The Hall–Kier alpha value is -0.560. The molecule has 2 heteroatoms. The highest BCUT2D eigenvalue weighted by atomic mass is 35.5. The van der Waals surface area contributed by atoms with Crippen LogP contribution in [0.1, 0.15) is 13.8 Å². The van der Waals surface area contributed by atoms with Gasteiger partial charge in [-0.1, -0.05) is 12.2 Å². The Balaban J connectivity index is 2.95. The molecule has 0 fully saturated rings. The lowest BCUT2D eigenvalue weighted by Crippen LogP contribution is -2.15. The molecule has 1 atom stereocenters. The number of hydrogen-bond acceptors (Lipinski definition) is 1. The van der Waals surface area contributed by atoms with Crippen molar-refractivity contribution >= 4 is 17.4 Å². The molecule has 1 unspecified atom stereocenters. The minimum atomic E-state index is -0.460. The van der Waals surface area contributed by atoms with E-state index in [9.17, 15) is 4.79 Å². The minimum Gasteiger partial charge on any atom is -0.290 e. The highest BCUT2D eigenvalue weighted by molar-refractivity contribution is 6.28. The van der Waals surface area contributed by atoms with Crippen LogP contribution in [0.15, 0.2) is 23.8 Å². The zero-order valence-electron chi connectivity index (χ0n) is 6.02. The Labute approximate surface area is 65.4 Å². The van der Waals surface area contributed by atoms with E-state index >= 15 is 0 Å². The highest BCUT2D eigenvalue weighted by Gasteiger charge is 2.19. The second-order valence-electron chi connectivity index (χ2n) is 2.68. The van der Waals surface area contributed by atoms with Gasteiger partial charge >= 0.3 is 0 Å². The third kappa shape index (κ3) is 1.48. The smallest absolute Gasteiger partial charge is 0.181 e. The van der Waals surface area contributed by atoms with Crippen LogP contribution in [-0.2, 0) is 4.79 Å². The van der Waals surface area contributed by atoms with Crippen molar-refractivity contribution in [1.29, 1.82) is 0 Å². The van der Waals surface area contributed by atoms with E-state index in [1.807, 2.05) is 6.92 Å². The molecule has 0 spiro atoms. The van der Waals surface area contributed by atoms with Gasteiger partial charge in [0.2, 0.25) is 0 Å². The predicted octanol–water partition coefficient (Wildman–Crippen LogP) is 2.07. The van der Waals surface area contributed by atoms with Crippen molar-refractivity contribution in [2.24, 2.45) is 0 Å². The number of allylic oxidation sites excluding steroid dienone is 4. The summed E-state index contributed by atoms with van der Waals surface area (Å²) >= 11 is 5.92. The summed E-state index contributed by atoms with van der Waals surface area (Å²) in [5.74, 6) is 0.0538. The molecule has 54 valence electrons. The zero-order chi connectivity index (χ0) is 7.78. The van der Waals surface area contributed by atoms with E-state index in [2.05, 4.69) is 0 Å². The van der Waals surface area contributed by atoms with Gasteiger partial charge in [-0.2, -0.15) is 0 Å². The van der Waals surface area contributed by atoms with E-state index in [1.165, 1.54) is 6.08 Å². The lowest BCUT2D eigenvalue weighted by molar-refractivity contribution is -0.111. The van der Waals surface area contributed by atoms with Crippen LogP contribution < -0.4 is 0 Å². The fourth-order valence-corrected chi connectivity index (χ4v) is 1.14. The third-order valence-electron chi connectivity index (χ3n) is 1.45. The Morgan fingerprint density at radius 1 is 1.60 bits per heavy atom. The predicted molar refractivity (Wildman–Crippen MR) is 42.2 cm³/mol. The standard InChI is InChI=1S/C8H9ClO/c1-6-5-8(2,9)4-3-7(6)10/h3-5H,1-2H3. The average Bonchev–Trinajstić information content (AvgIpc) is 1.79. The van der Waals surface area contributed by atoms with Crippen molar-refractivity contribution in [2.45, 2.75) is 18.7 Å². The number of carbonyl (C=O) groups is 1. The van der Waals surface area contributed by atoms with Gasteiger partial charge in [0.25, 0.3) is 0 Å². The Bertz CT molecular complexity index is 223. The van der Waals surface area contributed by atoms with Gasteiger partial charge in [0.1, 0.15) is 0 Å². The molecule has 0 aromatic carbocycles. The topological polar surface area (TPSA) is 17.1 Å². The van der Waals surface area contributed by atoms with Gasteiger partial charge in [-0.3, -0.25) is 4.79 Å². The summed E-state index contributed by atoms with van der Waals surface area (Å²) in [4.78, 5) is 10.4. The quantitative estimate of drug-likeness (QED) is 0.491. The summed E-state index contributed by atoms with van der Waals surface area (Å²) in [5, 5.41) is 0. The second-order valence-corrected chi connectivity index (χ2v) is 3.49. The first-order chi connectivity index (χ1) is 4.51. The molecular weight excluding hydrogens is 148 g/mol. The first kappa shape index (κ1) is 7.55. The lowest BCUT2D eigenvalue weighted by Gasteiger charge is -2.16. The van der Waals surface area contributed by atoms with E-state index in [4.69, 9.17) is 11.6 Å². The first-order valence-electron chi connectivity index (χ1n) is 3.13. The third-order valence-corrected chi connectivity index (χ3v) is 1.68. The van der Waals surface area contributed by atoms with E-state index in [0.717, 1.165) is 5.57 Å². The molecule has 1 aliphatic carbocycles. The Morgan fingerprint density at radius 2 is 2.20 bits per heavy atom. The molecule has 0 N–H and O–H groups in total. The fraction of sp³-hybridized carbons (Fsp3) is 0.375. The van der Waals surface area contributed by atoms with Gasteiger partial charge in [0.15, 0.2) is 5.78 Å². The molecule has 0 saturated carbocycles. The van der Waals surface area contributed by atoms with Gasteiger partial charge in [-0.25, -0.2) is 0 Å². The molecule has 0 aliphatic heterocycles. The molecule has 0 radical (unpaired) electrons. The number of carbonyl (C=O) groups excluding carboxylic acids is 1. The van der Waals surface area contributed by atoms with Crippen LogP contribution in [0.25, 0.3) is 0 Å². The minimum absolute atomic E-state index is 0.0538. The fourth-order valence-electron chi connectivity index (χ4n) is 0.913. The summed E-state index contributed by atoms with van der Waals surface area (Å²) < 4.78 is 0. The maximum Gasteiger partial charge on any atom is 0.181 e. The van der Waals surface area contributed by atoms with Crippen LogP contribution in [0, 0.1) is 0 Å². The van der Waals surface area contributed by atoms with Crippen LogP contribution in [-0.4, -0.2) is 10.7 Å². The van der Waals surface area contributed by atoms with Crippen LogP contribution in [0.5, 0.6) is 0 Å². The normalized spacial score (nSPS) is 32.3. The summed E-state index contributed by atoms with van der Waals surface area (Å²) in [5.41, 5.74) is 0.722. The van der Waals surface area contributed by atoms with Crippen LogP contribution in [0.3, 0.4) is 0 Å². The zero-order valence-corrected chi connectivity index (χ0v) is 6.77. The van der Waals surface area contributed by atoms with Crippen LogP contribution in [0.4, 0.5) is 0 Å². The monoisotopic (exact) mass is 156 g/mol. The van der Waals surface area contributed by atoms with Crippen molar-refractivity contribution in [3.63, 3.8) is 0 Å². The summed E-state index contributed by atoms with van der Waals surface area (Å²) in [6, 6.07) is 0. The van der Waals surface area contributed by atoms with Crippen LogP contribution in [0.2, 0.25) is 0 Å². The van der Waals surface area contributed by atoms with E-state index < -0.39 is 4.87 Å². The molecule has 0 bridgehead atoms. The Morgan fingerprint density at radius 3 is 2.60 bits per heavy atom. The van der Waals surface area contributed by atoms with Gasteiger partial charge in [0, 0.05) is 0 Å². The second kappa shape index (κ2) is 2.24. The van der Waals surface area contributed by atoms with Crippen molar-refractivity contribution in [1.82, 2.24) is 0 Å². The highest BCUT2D eigenvalue weighted by Crippen LogP contribution is 2.23. The molecule has 0 heterocycles. The molecule has 0 aromatic heterocycles. The number of halogens is 1. The number of rotatable bonds is 0. The maximum atomic E-state index is 10.9. The van der Waals surface area contributed by atoms with Crippen molar-refractivity contribution in [3.8, 4) is 0 Å². The van der Waals surface area contributed by atoms with Gasteiger partial charge in [-0.05, 0) is 25.5 Å². The molecule has 0 saturated heterocycles. The SMILES string of the molecule is CC1=CC(C)(Cl)C=CC1=O. The molecule has 0 amide bonds. The van der Waals surface area contributed by atoms with Crippen molar-refractivity contribution < 1.29 is 4.79 Å².